The number of carbonyl (C=O) groups is 2. The Kier molecular flexibility index (Phi) is 3.92. The van der Waals surface area contributed by atoms with Crippen LogP contribution in [0.2, 0.25) is 0 Å². The van der Waals surface area contributed by atoms with Crippen LogP contribution in [0.3, 0.4) is 0 Å². The number of aliphatic carboxylic acids is 1. The third-order valence-corrected chi connectivity index (χ3v) is 2.43. The van der Waals surface area contributed by atoms with Gasteiger partial charge in [0, 0.05) is 0 Å². The van der Waals surface area contributed by atoms with Gasteiger partial charge in [-0.25, -0.2) is 0 Å². The van der Waals surface area contributed by atoms with Crippen molar-refractivity contribution in [2.75, 3.05) is 6.61 Å². The Morgan fingerprint density at radius 2 is 2.14 bits per heavy atom. The largest absolute Gasteiger partial charge is 0.481 e. The summed E-state index contributed by atoms with van der Waals surface area (Å²) in [5.74, 6) is -1.98. The van der Waals surface area contributed by atoms with Gasteiger partial charge in [-0.3, -0.25) is 9.59 Å². The van der Waals surface area contributed by atoms with Gasteiger partial charge in [-0.15, -0.1) is 0 Å². The van der Waals surface area contributed by atoms with E-state index in [0.717, 1.165) is 6.42 Å². The Morgan fingerprint density at radius 3 is 2.57 bits per heavy atom. The average Bonchev–Trinajstić information content (AvgIpc) is 2.88. The minimum absolute atomic E-state index is 0.242. The number of rotatable bonds is 6. The molecular formula is C10H16O4. The van der Waals surface area contributed by atoms with E-state index >= 15 is 0 Å². The van der Waals surface area contributed by atoms with E-state index in [4.69, 9.17) is 9.84 Å². The molecule has 0 aromatic carbocycles. The fourth-order valence-electron chi connectivity index (χ4n) is 1.39. The molecule has 0 radical (unpaired) electrons. The lowest BCUT2D eigenvalue weighted by Gasteiger charge is -2.10. The highest BCUT2D eigenvalue weighted by Crippen LogP contribution is 2.34. The first-order valence-corrected chi connectivity index (χ1v) is 5.04. The summed E-state index contributed by atoms with van der Waals surface area (Å²) < 4.78 is 4.70. The molecule has 1 aliphatic carbocycles. The van der Waals surface area contributed by atoms with Gasteiger partial charge < -0.3 is 9.84 Å². The van der Waals surface area contributed by atoms with Gasteiger partial charge in [0.25, 0.3) is 0 Å². The van der Waals surface area contributed by atoms with Gasteiger partial charge in [-0.05, 0) is 25.7 Å². The Hall–Kier alpha value is -1.06. The maximum Gasteiger partial charge on any atom is 0.320 e. The van der Waals surface area contributed by atoms with Gasteiger partial charge >= 0.3 is 11.9 Å². The highest BCUT2D eigenvalue weighted by atomic mass is 16.5. The first-order chi connectivity index (χ1) is 6.65. The molecule has 1 atom stereocenters. The van der Waals surface area contributed by atoms with Crippen LogP contribution in [0, 0.1) is 11.8 Å². The molecule has 0 aromatic heterocycles. The van der Waals surface area contributed by atoms with Crippen LogP contribution < -0.4 is 0 Å². The van der Waals surface area contributed by atoms with Crippen LogP contribution in [0.15, 0.2) is 0 Å². The van der Waals surface area contributed by atoms with Crippen LogP contribution in [0.5, 0.6) is 0 Å². The maximum atomic E-state index is 11.2. The van der Waals surface area contributed by atoms with Crippen molar-refractivity contribution in [1.82, 2.24) is 0 Å². The number of carbonyl (C=O) groups excluding carboxylic acids is 1. The molecule has 1 aliphatic rings. The number of carboxylic acids is 1. The van der Waals surface area contributed by atoms with E-state index in [1.54, 1.807) is 6.92 Å². The van der Waals surface area contributed by atoms with Crippen molar-refractivity contribution < 1.29 is 19.4 Å². The van der Waals surface area contributed by atoms with E-state index < -0.39 is 17.9 Å². The molecule has 0 spiro atoms. The molecule has 4 heteroatoms. The van der Waals surface area contributed by atoms with E-state index in [1.807, 2.05) is 0 Å². The van der Waals surface area contributed by atoms with Crippen LogP contribution >= 0.6 is 0 Å². The lowest BCUT2D eigenvalue weighted by atomic mass is 10.0. The van der Waals surface area contributed by atoms with Gasteiger partial charge in [0.2, 0.25) is 0 Å². The third-order valence-electron chi connectivity index (χ3n) is 2.43. The minimum atomic E-state index is -1.07. The summed E-state index contributed by atoms with van der Waals surface area (Å²) in [7, 11) is 0. The van der Waals surface area contributed by atoms with Crippen LogP contribution in [0.4, 0.5) is 0 Å². The molecule has 0 heterocycles. The first kappa shape index (κ1) is 11.0. The van der Waals surface area contributed by atoms with E-state index in [2.05, 4.69) is 0 Å². The molecule has 0 aromatic rings. The van der Waals surface area contributed by atoms with E-state index in [9.17, 15) is 9.59 Å². The van der Waals surface area contributed by atoms with Crippen molar-refractivity contribution in [2.24, 2.45) is 11.8 Å². The van der Waals surface area contributed by atoms with Crippen LogP contribution in [-0.2, 0) is 14.3 Å². The SMILES string of the molecule is CCOC(=O)C(CCC1CC1)C(=O)O. The second-order valence-electron chi connectivity index (χ2n) is 3.66. The lowest BCUT2D eigenvalue weighted by Crippen LogP contribution is -2.26. The number of hydrogen-bond acceptors (Lipinski definition) is 3. The quantitative estimate of drug-likeness (QED) is 0.520. The summed E-state index contributed by atoms with van der Waals surface area (Å²) >= 11 is 0. The zero-order valence-corrected chi connectivity index (χ0v) is 8.36. The number of hydrogen-bond donors (Lipinski definition) is 1. The maximum absolute atomic E-state index is 11.2. The van der Waals surface area contributed by atoms with Gasteiger partial charge in [0.15, 0.2) is 5.92 Å². The van der Waals surface area contributed by atoms with E-state index in [-0.39, 0.29) is 6.61 Å². The summed E-state index contributed by atoms with van der Waals surface area (Å²) in [6.45, 7) is 1.92. The fourth-order valence-corrected chi connectivity index (χ4v) is 1.39. The standard InChI is InChI=1S/C10H16O4/c1-2-14-10(13)8(9(11)12)6-5-7-3-4-7/h7-8H,2-6H2,1H3,(H,11,12). The summed E-state index contributed by atoms with van der Waals surface area (Å²) in [6.07, 6.45) is 3.60. The van der Waals surface area contributed by atoms with Gasteiger partial charge in [-0.2, -0.15) is 0 Å². The molecule has 0 amide bonds. The highest BCUT2D eigenvalue weighted by molar-refractivity contribution is 5.93. The van der Waals surface area contributed by atoms with Crippen molar-refractivity contribution >= 4 is 11.9 Å². The van der Waals surface area contributed by atoms with Gasteiger partial charge in [0.1, 0.15) is 0 Å². The Labute approximate surface area is 83.2 Å². The summed E-state index contributed by atoms with van der Waals surface area (Å²) in [6, 6.07) is 0. The molecule has 1 rings (SSSR count). The van der Waals surface area contributed by atoms with Crippen molar-refractivity contribution in [1.29, 1.82) is 0 Å². The fraction of sp³-hybridized carbons (Fsp3) is 0.800. The molecule has 1 N–H and O–H groups in total. The average molecular weight is 200 g/mol. The zero-order chi connectivity index (χ0) is 10.6. The molecule has 14 heavy (non-hydrogen) atoms. The normalized spacial score (nSPS) is 17.5. The second-order valence-corrected chi connectivity index (χ2v) is 3.66. The summed E-state index contributed by atoms with van der Waals surface area (Å²) in [5.41, 5.74) is 0. The van der Waals surface area contributed by atoms with Gasteiger partial charge in [0.05, 0.1) is 6.61 Å². The van der Waals surface area contributed by atoms with Crippen LogP contribution in [-0.4, -0.2) is 23.7 Å². The molecule has 1 saturated carbocycles. The molecule has 0 bridgehead atoms. The predicted molar refractivity (Wildman–Crippen MR) is 49.7 cm³/mol. The number of esters is 1. The summed E-state index contributed by atoms with van der Waals surface area (Å²) in [5, 5.41) is 8.80. The van der Waals surface area contributed by atoms with Crippen molar-refractivity contribution in [3.8, 4) is 0 Å². The molecule has 4 nitrogen and oxygen atoms in total. The second kappa shape index (κ2) is 4.98. The van der Waals surface area contributed by atoms with Crippen molar-refractivity contribution in [3.63, 3.8) is 0 Å². The molecule has 1 fully saturated rings. The predicted octanol–water partition coefficient (Wildman–Crippen LogP) is 1.44. The van der Waals surface area contributed by atoms with Crippen molar-refractivity contribution in [2.45, 2.75) is 32.6 Å². The smallest absolute Gasteiger partial charge is 0.320 e. The molecule has 1 unspecified atom stereocenters. The first-order valence-electron chi connectivity index (χ1n) is 5.04. The topological polar surface area (TPSA) is 63.6 Å². The third kappa shape index (κ3) is 3.36. The van der Waals surface area contributed by atoms with Gasteiger partial charge in [-0.1, -0.05) is 12.8 Å². The molecule has 0 aliphatic heterocycles. The monoisotopic (exact) mass is 200 g/mol. The zero-order valence-electron chi connectivity index (χ0n) is 8.36. The summed E-state index contributed by atoms with van der Waals surface area (Å²) in [4.78, 5) is 22.0. The number of carboxylic acid groups (broad SMARTS) is 1. The van der Waals surface area contributed by atoms with E-state index in [1.165, 1.54) is 12.8 Å². The van der Waals surface area contributed by atoms with Crippen LogP contribution in [0.1, 0.15) is 32.6 Å². The Balaban J connectivity index is 2.35. The Morgan fingerprint density at radius 1 is 1.50 bits per heavy atom. The van der Waals surface area contributed by atoms with Crippen molar-refractivity contribution in [3.05, 3.63) is 0 Å². The number of ether oxygens (including phenoxy) is 1. The Bertz CT molecular complexity index is 220. The molecular weight excluding hydrogens is 184 g/mol. The lowest BCUT2D eigenvalue weighted by molar-refractivity contribution is -0.158. The van der Waals surface area contributed by atoms with Crippen LogP contribution in [0.25, 0.3) is 0 Å². The molecule has 0 saturated heterocycles. The molecule has 80 valence electrons. The highest BCUT2D eigenvalue weighted by Gasteiger charge is 2.30. The van der Waals surface area contributed by atoms with E-state index in [0.29, 0.717) is 12.3 Å². The minimum Gasteiger partial charge on any atom is -0.481 e.